The molecule has 1 aromatic heterocycles. The summed E-state index contributed by atoms with van der Waals surface area (Å²) in [6, 6.07) is 1.21. The Kier molecular flexibility index (Phi) is 5.03. The molecule has 122 valence electrons. The number of carbonyl (C=O) groups excluding carboxylic acids is 1. The topological polar surface area (TPSA) is 143 Å². The third-order valence-electron chi connectivity index (χ3n) is 3.00. The van der Waals surface area contributed by atoms with Gasteiger partial charge in [-0.05, 0) is 0 Å². The van der Waals surface area contributed by atoms with E-state index in [0.717, 1.165) is 4.57 Å². The second-order valence-corrected chi connectivity index (χ2v) is 4.44. The van der Waals surface area contributed by atoms with Crippen LogP contribution in [0, 0.1) is 0 Å². The van der Waals surface area contributed by atoms with Gasteiger partial charge in [0.05, 0.1) is 6.61 Å². The fourth-order valence-electron chi connectivity index (χ4n) is 1.91. The van der Waals surface area contributed by atoms with Gasteiger partial charge in [0.15, 0.2) is 18.7 Å². The molecule has 10 nitrogen and oxygen atoms in total. The summed E-state index contributed by atoms with van der Waals surface area (Å²) in [5.74, 6) is -1.34. The molecule has 1 aromatic rings. The second kappa shape index (κ2) is 6.79. The lowest BCUT2D eigenvalue weighted by Gasteiger charge is -2.17. The largest absolute Gasteiger partial charge is 0.394 e. The number of alkyl halides is 1. The molecule has 0 unspecified atom stereocenters. The van der Waals surface area contributed by atoms with Crippen LogP contribution in [0.15, 0.2) is 17.1 Å². The Morgan fingerprint density at radius 1 is 1.50 bits per heavy atom. The first-order chi connectivity index (χ1) is 10.5. The molecule has 11 heteroatoms. The summed E-state index contributed by atoms with van der Waals surface area (Å²) in [6.07, 6.45) is -3.88. The molecule has 0 amide bonds. The van der Waals surface area contributed by atoms with Crippen LogP contribution in [0.3, 0.4) is 0 Å². The maximum atomic E-state index is 11.9. The monoisotopic (exact) mass is 319 g/mol. The minimum atomic E-state index is -1.43. The zero-order valence-electron chi connectivity index (χ0n) is 11.1. The Bertz CT molecular complexity index is 595. The molecule has 1 saturated heterocycles. The summed E-state index contributed by atoms with van der Waals surface area (Å²) in [5, 5.41) is 28.4. The van der Waals surface area contributed by atoms with Crippen molar-refractivity contribution in [2.24, 2.45) is 0 Å². The van der Waals surface area contributed by atoms with Crippen molar-refractivity contribution in [1.82, 2.24) is 9.55 Å². The summed E-state index contributed by atoms with van der Waals surface area (Å²) in [7, 11) is 0. The van der Waals surface area contributed by atoms with Gasteiger partial charge in [-0.15, -0.1) is 0 Å². The van der Waals surface area contributed by atoms with Gasteiger partial charge in [-0.2, -0.15) is 4.98 Å². The first kappa shape index (κ1) is 16.3. The van der Waals surface area contributed by atoms with Gasteiger partial charge in [-0.3, -0.25) is 4.57 Å². The number of carbonyl (C=O) groups is 1. The van der Waals surface area contributed by atoms with Crippen LogP contribution in [-0.4, -0.2) is 62.4 Å². The van der Waals surface area contributed by atoms with E-state index in [4.69, 9.17) is 9.84 Å². The number of hydrogen-bond donors (Lipinski definition) is 4. The third kappa shape index (κ3) is 3.22. The summed E-state index contributed by atoms with van der Waals surface area (Å²) >= 11 is 0. The van der Waals surface area contributed by atoms with Crippen LogP contribution in [0.4, 0.5) is 10.2 Å². The van der Waals surface area contributed by atoms with Gasteiger partial charge < -0.3 is 24.9 Å². The van der Waals surface area contributed by atoms with E-state index in [-0.39, 0.29) is 5.82 Å². The molecule has 0 aromatic carbocycles. The Labute approximate surface area is 122 Å². The van der Waals surface area contributed by atoms with Gasteiger partial charge in [0.1, 0.15) is 18.3 Å². The van der Waals surface area contributed by atoms with Crippen molar-refractivity contribution >= 4 is 11.8 Å². The Morgan fingerprint density at radius 3 is 2.77 bits per heavy atom. The lowest BCUT2D eigenvalue weighted by atomic mass is 10.1. The highest BCUT2D eigenvalue weighted by Crippen LogP contribution is 2.28. The molecular formula is C11H14FN3O7. The Balaban J connectivity index is 2.13. The smallest absolute Gasteiger partial charge is 0.362 e. The lowest BCUT2D eigenvalue weighted by Crippen LogP contribution is -2.36. The van der Waals surface area contributed by atoms with E-state index in [1.165, 1.54) is 12.3 Å². The average Bonchev–Trinajstić information content (AvgIpc) is 2.80. The average molecular weight is 319 g/mol. The minimum absolute atomic E-state index is 0.158. The first-order valence-electron chi connectivity index (χ1n) is 6.21. The number of hydrogen-bond acceptors (Lipinski definition) is 9. The predicted octanol–water partition coefficient (Wildman–Crippen LogP) is -2.31. The number of nitrogens with one attached hydrogen (secondary N) is 1. The van der Waals surface area contributed by atoms with Gasteiger partial charge in [0.25, 0.3) is 0 Å². The Morgan fingerprint density at radius 2 is 2.23 bits per heavy atom. The SMILES string of the molecule is O=C(CF)ONc1ccn([C@@H]2O[C@H](CO)[C@@H](O)[C@H]2O)c(=O)n1. The number of rotatable bonds is 5. The second-order valence-electron chi connectivity index (χ2n) is 4.44. The van der Waals surface area contributed by atoms with Gasteiger partial charge in [-0.25, -0.2) is 19.5 Å². The number of anilines is 1. The number of aliphatic hydroxyl groups excluding tert-OH is 3. The fraction of sp³-hybridized carbons (Fsp3) is 0.545. The van der Waals surface area contributed by atoms with Crippen molar-refractivity contribution in [3.8, 4) is 0 Å². The number of aliphatic hydroxyl groups is 3. The van der Waals surface area contributed by atoms with Gasteiger partial charge >= 0.3 is 11.7 Å². The number of nitrogens with zero attached hydrogens (tertiary/aromatic N) is 2. The zero-order valence-corrected chi connectivity index (χ0v) is 11.1. The molecule has 0 saturated carbocycles. The van der Waals surface area contributed by atoms with Crippen LogP contribution in [0.25, 0.3) is 0 Å². The molecule has 4 atom stereocenters. The number of aromatic nitrogens is 2. The number of ether oxygens (including phenoxy) is 1. The predicted molar refractivity (Wildman–Crippen MR) is 67.2 cm³/mol. The lowest BCUT2D eigenvalue weighted by molar-refractivity contribution is -0.141. The van der Waals surface area contributed by atoms with Crippen molar-refractivity contribution in [2.75, 3.05) is 18.8 Å². The van der Waals surface area contributed by atoms with Crippen molar-refractivity contribution < 1.29 is 34.1 Å². The molecule has 22 heavy (non-hydrogen) atoms. The molecule has 1 aliphatic heterocycles. The standard InChI is InChI=1S/C11H14FN3O7/c12-3-7(17)22-14-6-1-2-15(11(20)13-6)10-9(19)8(18)5(4-16)21-10/h1-2,5,8-10,16,18-19H,3-4H2,(H,13,14,20)/t5-,8-,9-,10-/m1/s1. The van der Waals surface area contributed by atoms with Crippen LogP contribution >= 0.6 is 0 Å². The quantitative estimate of drug-likeness (QED) is 0.440. The normalized spacial score (nSPS) is 27.6. The first-order valence-corrected chi connectivity index (χ1v) is 6.21. The van der Waals surface area contributed by atoms with Crippen LogP contribution in [0.1, 0.15) is 6.23 Å². The molecule has 0 bridgehead atoms. The molecule has 0 aliphatic carbocycles. The zero-order chi connectivity index (χ0) is 16.3. The third-order valence-corrected chi connectivity index (χ3v) is 3.00. The van der Waals surface area contributed by atoms with E-state index in [1.807, 2.05) is 5.48 Å². The molecular weight excluding hydrogens is 305 g/mol. The van der Waals surface area contributed by atoms with Gasteiger partial charge in [0, 0.05) is 12.3 Å². The maximum absolute atomic E-state index is 11.9. The van der Waals surface area contributed by atoms with Crippen molar-refractivity contribution in [1.29, 1.82) is 0 Å². The van der Waals surface area contributed by atoms with E-state index in [9.17, 15) is 24.2 Å². The van der Waals surface area contributed by atoms with E-state index in [2.05, 4.69) is 9.82 Å². The van der Waals surface area contributed by atoms with Crippen molar-refractivity contribution in [3.05, 3.63) is 22.7 Å². The Hall–Kier alpha value is -2.08. The highest BCUT2D eigenvalue weighted by molar-refractivity contribution is 5.71. The van der Waals surface area contributed by atoms with Gasteiger partial charge in [0.2, 0.25) is 0 Å². The molecule has 2 rings (SSSR count). The molecule has 0 radical (unpaired) electrons. The van der Waals surface area contributed by atoms with E-state index < -0.39 is 49.5 Å². The van der Waals surface area contributed by atoms with Crippen LogP contribution < -0.4 is 11.2 Å². The molecule has 2 heterocycles. The van der Waals surface area contributed by atoms with Gasteiger partial charge in [-0.1, -0.05) is 0 Å². The van der Waals surface area contributed by atoms with E-state index >= 15 is 0 Å². The maximum Gasteiger partial charge on any atom is 0.362 e. The van der Waals surface area contributed by atoms with Crippen LogP contribution in [-0.2, 0) is 14.4 Å². The molecule has 1 aliphatic rings. The van der Waals surface area contributed by atoms with E-state index in [0.29, 0.717) is 0 Å². The van der Waals surface area contributed by atoms with Crippen molar-refractivity contribution in [3.63, 3.8) is 0 Å². The van der Waals surface area contributed by atoms with E-state index in [1.54, 1.807) is 0 Å². The van der Waals surface area contributed by atoms with Crippen LogP contribution in [0.5, 0.6) is 0 Å². The van der Waals surface area contributed by atoms with Crippen molar-refractivity contribution in [2.45, 2.75) is 24.5 Å². The minimum Gasteiger partial charge on any atom is -0.394 e. The summed E-state index contributed by atoms with van der Waals surface area (Å²) in [5.41, 5.74) is 1.11. The number of halogens is 1. The highest BCUT2D eigenvalue weighted by Gasteiger charge is 2.43. The van der Waals surface area contributed by atoms with Crippen LogP contribution in [0.2, 0.25) is 0 Å². The summed E-state index contributed by atoms with van der Waals surface area (Å²) < 4.78 is 18.0. The summed E-state index contributed by atoms with van der Waals surface area (Å²) in [4.78, 5) is 30.2. The fourth-order valence-corrected chi connectivity index (χ4v) is 1.91. The molecule has 4 N–H and O–H groups in total. The molecule has 0 spiro atoms. The molecule has 1 fully saturated rings. The summed E-state index contributed by atoms with van der Waals surface area (Å²) in [6.45, 7) is -1.87. The highest BCUT2D eigenvalue weighted by atomic mass is 19.1.